The van der Waals surface area contributed by atoms with Crippen LogP contribution in [0.1, 0.15) is 13.3 Å². The lowest BCUT2D eigenvalue weighted by atomic mass is 10.0. The first kappa shape index (κ1) is 61.2. The van der Waals surface area contributed by atoms with Crippen molar-refractivity contribution in [3.05, 3.63) is 255 Å². The van der Waals surface area contributed by atoms with Gasteiger partial charge in [-0.25, -0.2) is 29.9 Å². The number of aromatic nitrogens is 6. The summed E-state index contributed by atoms with van der Waals surface area (Å²) < 4.78 is 25.9. The number of phenols is 2. The summed E-state index contributed by atoms with van der Waals surface area (Å²) in [4.78, 5) is 29.6. The molecule has 0 spiro atoms. The van der Waals surface area contributed by atoms with Crippen molar-refractivity contribution in [1.82, 2.24) is 29.9 Å². The highest BCUT2D eigenvalue weighted by Crippen LogP contribution is 2.37. The fraction of sp³-hybridized carbons (Fsp3) is 0.132. The van der Waals surface area contributed by atoms with Gasteiger partial charge in [0.25, 0.3) is 10.0 Å². The molecule has 0 saturated carbocycles. The van der Waals surface area contributed by atoms with E-state index in [0.717, 1.165) is 79.2 Å². The highest BCUT2D eigenvalue weighted by atomic mass is 28.4. The average Bonchev–Trinajstić information content (AvgIpc) is 0.985. The molecule has 2 aromatic heterocycles. The first-order valence-corrected chi connectivity index (χ1v) is 37.9. The number of aromatic hydroxyl groups is 2. The first-order chi connectivity index (χ1) is 44.3. The van der Waals surface area contributed by atoms with Crippen LogP contribution in [-0.2, 0) is 8.23 Å². The van der Waals surface area contributed by atoms with Crippen molar-refractivity contribution in [2.24, 2.45) is 0 Å². The van der Waals surface area contributed by atoms with E-state index in [1.54, 1.807) is 24.3 Å². The maximum Gasteiger partial charge on any atom is 0.283 e. The normalized spacial score (nSPS) is 12.1. The fourth-order valence-corrected chi connectivity index (χ4v) is 17.0. The molecule has 0 radical (unpaired) electrons. The summed E-state index contributed by atoms with van der Waals surface area (Å²) in [6.45, 7) is 11.9. The Hall–Kier alpha value is -10.0. The van der Waals surface area contributed by atoms with E-state index >= 15 is 0 Å². The van der Waals surface area contributed by atoms with Crippen LogP contribution in [0, 0.1) is 0 Å². The molecule has 91 heavy (non-hydrogen) atoms. The molecule has 15 heteroatoms. The molecule has 1 atom stereocenters. The number of hydrogen-bond donors (Lipinski definition) is 2. The highest BCUT2D eigenvalue weighted by Gasteiger charge is 2.32. The molecule has 0 amide bonds. The number of benzene rings is 10. The third kappa shape index (κ3) is 15.2. The molecule has 12 aromatic rings. The molecule has 12 nitrogen and oxygen atoms in total. The molecule has 0 aliphatic carbocycles. The standard InChI is InChI=1S/C76H70N6O6Si3/c1-52(51-86-66-44-46-68(70(84)50-66)76-81-73(63-39-31-59(32-40-63)55-23-14-8-15-24-55)78-74(82-76)64-41-33-60(34-42-64)56-25-16-9-17-26-56)91(4,5)88-89-87-90(2,3)48-18-47-85-65-43-45-67(69(83)49-65)75-79-71(61-35-27-57(28-36-61)53-19-10-6-11-20-53)77-72(80-75)62-37-29-58(30-38-62)54-21-12-7-13-22-54/h6-17,19-46,49-50,52,83-84H,18,47-48,51,89H2,1-5H3. The van der Waals surface area contributed by atoms with Crippen LogP contribution in [0.25, 0.3) is 113 Å². The molecule has 10 aromatic carbocycles. The maximum atomic E-state index is 11.6. The summed E-state index contributed by atoms with van der Waals surface area (Å²) in [5, 5.41) is 23.2. The first-order valence-electron chi connectivity index (χ1n) is 30.6. The molecule has 2 heterocycles. The Bertz CT molecular complexity index is 4200. The monoisotopic (exact) mass is 1250 g/mol. The van der Waals surface area contributed by atoms with Crippen molar-refractivity contribution in [3.8, 4) is 136 Å². The van der Waals surface area contributed by atoms with Gasteiger partial charge in [-0.05, 0) is 107 Å². The van der Waals surface area contributed by atoms with Crippen LogP contribution >= 0.6 is 0 Å². The minimum Gasteiger partial charge on any atom is -0.507 e. The summed E-state index contributed by atoms with van der Waals surface area (Å²) in [7, 11) is -5.67. The zero-order valence-corrected chi connectivity index (χ0v) is 55.0. The molecule has 0 aliphatic rings. The van der Waals surface area contributed by atoms with Gasteiger partial charge in [-0.15, -0.1) is 0 Å². The topological polar surface area (TPSA) is 155 Å². The summed E-state index contributed by atoms with van der Waals surface area (Å²) in [5.41, 5.74) is 13.2. The van der Waals surface area contributed by atoms with Crippen LogP contribution in [0.3, 0.4) is 0 Å². The zero-order valence-electron chi connectivity index (χ0n) is 51.6. The predicted molar refractivity (Wildman–Crippen MR) is 373 cm³/mol. The molecule has 0 bridgehead atoms. The van der Waals surface area contributed by atoms with Crippen LogP contribution in [0.4, 0.5) is 0 Å². The molecule has 0 fully saturated rings. The van der Waals surface area contributed by atoms with Crippen LogP contribution in [-0.4, -0.2) is 80.0 Å². The van der Waals surface area contributed by atoms with Gasteiger partial charge in [0, 0.05) is 39.9 Å². The van der Waals surface area contributed by atoms with Gasteiger partial charge in [0.05, 0.1) is 24.3 Å². The van der Waals surface area contributed by atoms with Crippen LogP contribution < -0.4 is 9.47 Å². The smallest absolute Gasteiger partial charge is 0.283 e. The van der Waals surface area contributed by atoms with Crippen molar-refractivity contribution < 1.29 is 27.9 Å². The largest absolute Gasteiger partial charge is 0.507 e. The highest BCUT2D eigenvalue weighted by molar-refractivity contribution is 6.79. The van der Waals surface area contributed by atoms with Crippen molar-refractivity contribution in [2.45, 2.75) is 51.1 Å². The van der Waals surface area contributed by atoms with Crippen molar-refractivity contribution >= 4 is 26.6 Å². The molecule has 1 unspecified atom stereocenters. The van der Waals surface area contributed by atoms with Crippen LogP contribution in [0.2, 0.25) is 37.8 Å². The average molecular weight is 1250 g/mol. The Labute approximate surface area is 536 Å². The van der Waals surface area contributed by atoms with E-state index in [4.69, 9.17) is 47.6 Å². The predicted octanol–water partition coefficient (Wildman–Crippen LogP) is 17.8. The number of phenolic OH excluding ortho intramolecular Hbond substituents is 2. The van der Waals surface area contributed by atoms with Crippen molar-refractivity contribution in [2.75, 3.05) is 13.2 Å². The second-order valence-corrected chi connectivity index (χ2v) is 34.4. The molecule has 452 valence electrons. The minimum atomic E-state index is -2.26. The Morgan fingerprint density at radius 3 is 0.978 bits per heavy atom. The summed E-state index contributed by atoms with van der Waals surface area (Å²) in [6.07, 6.45) is 0.778. The van der Waals surface area contributed by atoms with Gasteiger partial charge in [0.2, 0.25) is 0 Å². The maximum absolute atomic E-state index is 11.6. The van der Waals surface area contributed by atoms with Crippen molar-refractivity contribution in [1.29, 1.82) is 0 Å². The Morgan fingerprint density at radius 1 is 0.352 bits per heavy atom. The molecule has 2 N–H and O–H groups in total. The second-order valence-electron chi connectivity index (χ2n) is 23.7. The van der Waals surface area contributed by atoms with E-state index < -0.39 is 26.6 Å². The van der Waals surface area contributed by atoms with Gasteiger partial charge in [0.1, 0.15) is 23.0 Å². The van der Waals surface area contributed by atoms with Crippen molar-refractivity contribution in [3.63, 3.8) is 0 Å². The van der Waals surface area contributed by atoms with E-state index in [1.807, 2.05) is 133 Å². The fourth-order valence-electron chi connectivity index (χ4n) is 10.5. The molecule has 0 aliphatic heterocycles. The van der Waals surface area contributed by atoms with Gasteiger partial charge >= 0.3 is 0 Å². The molecular weight excluding hydrogens is 1180 g/mol. The van der Waals surface area contributed by atoms with Gasteiger partial charge in [-0.1, -0.05) is 225 Å². The molecular formula is C76H70N6O6Si3. The Morgan fingerprint density at radius 2 is 0.648 bits per heavy atom. The van der Waals surface area contributed by atoms with E-state index in [-0.39, 0.29) is 17.0 Å². The minimum absolute atomic E-state index is 0.00207. The van der Waals surface area contributed by atoms with Gasteiger partial charge in [-0.3, -0.25) is 0 Å². The zero-order chi connectivity index (χ0) is 62.7. The van der Waals surface area contributed by atoms with Gasteiger partial charge in [0.15, 0.2) is 51.6 Å². The van der Waals surface area contributed by atoms with Gasteiger partial charge < -0.3 is 27.9 Å². The lowest BCUT2D eigenvalue weighted by molar-refractivity contribution is 0.302. The number of ether oxygens (including phenoxy) is 2. The summed E-state index contributed by atoms with van der Waals surface area (Å²) in [5.74, 6) is 3.76. The van der Waals surface area contributed by atoms with E-state index in [1.165, 1.54) is 0 Å². The lowest BCUT2D eigenvalue weighted by Gasteiger charge is -2.32. The number of hydrogen-bond acceptors (Lipinski definition) is 12. The Balaban J connectivity index is 0.650. The SMILES string of the molecule is CC(COc1ccc(-c2nc(-c3ccc(-c4ccccc4)cc3)nc(-c3ccc(-c4ccccc4)cc3)n2)c(O)c1)[Si](C)(C)O[SiH2]O[Si](C)(C)CCCOc1ccc(-c2nc(-c3ccc(-c4ccccc4)cc3)nc(-c3ccc(-c4ccccc4)cc3)n2)c(O)c1. The van der Waals surface area contributed by atoms with E-state index in [0.29, 0.717) is 70.8 Å². The third-order valence-electron chi connectivity index (χ3n) is 16.5. The Kier molecular flexibility index (Phi) is 18.7. The van der Waals surface area contributed by atoms with Crippen LogP contribution in [0.15, 0.2) is 255 Å². The second kappa shape index (κ2) is 27.8. The third-order valence-corrected chi connectivity index (χ3v) is 27.6. The molecule has 0 saturated heterocycles. The number of rotatable bonds is 23. The lowest BCUT2D eigenvalue weighted by Crippen LogP contribution is -2.42. The van der Waals surface area contributed by atoms with E-state index in [9.17, 15) is 10.2 Å². The summed E-state index contributed by atoms with van der Waals surface area (Å²) in [6, 6.07) is 85.1. The van der Waals surface area contributed by atoms with Gasteiger partial charge in [-0.2, -0.15) is 0 Å². The molecule has 12 rings (SSSR count). The van der Waals surface area contributed by atoms with E-state index in [2.05, 4.69) is 130 Å². The van der Waals surface area contributed by atoms with Crippen LogP contribution in [0.5, 0.6) is 23.0 Å². The quantitative estimate of drug-likeness (QED) is 0.0463. The number of nitrogens with zero attached hydrogens (tertiary/aromatic N) is 6. The summed E-state index contributed by atoms with van der Waals surface area (Å²) >= 11 is 0.